The molecule has 0 unspecified atom stereocenters. The fourth-order valence-corrected chi connectivity index (χ4v) is 3.68. The van der Waals surface area contributed by atoms with Crippen molar-refractivity contribution in [1.29, 1.82) is 0 Å². The Morgan fingerprint density at radius 1 is 1.16 bits per heavy atom. The number of amides is 2. The Labute approximate surface area is 153 Å². The van der Waals surface area contributed by atoms with E-state index in [2.05, 4.69) is 0 Å². The highest BCUT2D eigenvalue weighted by molar-refractivity contribution is 8.19. The number of ether oxygens (including phenoxy) is 2. The number of aryl methyl sites for hydroxylation is 1. The molecule has 0 bridgehead atoms. The van der Waals surface area contributed by atoms with Crippen molar-refractivity contribution in [3.05, 3.63) is 57.5 Å². The van der Waals surface area contributed by atoms with Crippen LogP contribution in [0.4, 0.5) is 10.5 Å². The SMILES string of the molecule is Cc1cc2c(cc1/C=C1/SC(=O)N(c3cccc(Cl)c3)C1=O)OCO2. The molecule has 2 aromatic rings. The van der Waals surface area contributed by atoms with E-state index in [1.54, 1.807) is 30.3 Å². The second-order valence-electron chi connectivity index (χ2n) is 5.56. The molecule has 4 rings (SSSR count). The smallest absolute Gasteiger partial charge is 0.298 e. The highest BCUT2D eigenvalue weighted by atomic mass is 35.5. The van der Waals surface area contributed by atoms with Crippen molar-refractivity contribution >= 4 is 46.3 Å². The number of halogens is 1. The van der Waals surface area contributed by atoms with Crippen molar-refractivity contribution in [3.8, 4) is 11.5 Å². The van der Waals surface area contributed by atoms with Gasteiger partial charge in [-0.1, -0.05) is 17.7 Å². The Kier molecular flexibility index (Phi) is 3.94. The molecule has 0 N–H and O–H groups in total. The van der Waals surface area contributed by atoms with Gasteiger partial charge in [0.25, 0.3) is 11.1 Å². The summed E-state index contributed by atoms with van der Waals surface area (Å²) >= 11 is 6.87. The minimum absolute atomic E-state index is 0.184. The van der Waals surface area contributed by atoms with E-state index in [9.17, 15) is 9.59 Å². The molecule has 0 aromatic heterocycles. The molecule has 126 valence electrons. The standard InChI is InChI=1S/C18H12ClNO4S/c1-10-5-14-15(24-9-23-14)6-11(10)7-16-17(21)20(18(22)25-16)13-4-2-3-12(19)8-13/h2-8H,9H2,1H3/b16-7+. The monoisotopic (exact) mass is 373 g/mol. The Balaban J connectivity index is 1.69. The van der Waals surface area contributed by atoms with Crippen LogP contribution in [-0.2, 0) is 4.79 Å². The molecule has 2 aromatic carbocycles. The summed E-state index contributed by atoms with van der Waals surface area (Å²) in [5.74, 6) is 0.946. The molecular formula is C18H12ClNO4S. The minimum Gasteiger partial charge on any atom is -0.454 e. The number of rotatable bonds is 2. The molecule has 2 heterocycles. The second-order valence-corrected chi connectivity index (χ2v) is 6.99. The Bertz CT molecular complexity index is 941. The van der Waals surface area contributed by atoms with E-state index < -0.39 is 0 Å². The molecule has 0 saturated carbocycles. The van der Waals surface area contributed by atoms with Crippen molar-refractivity contribution in [3.63, 3.8) is 0 Å². The molecule has 2 aliphatic heterocycles. The fraction of sp³-hybridized carbons (Fsp3) is 0.111. The van der Waals surface area contributed by atoms with Gasteiger partial charge < -0.3 is 9.47 Å². The topological polar surface area (TPSA) is 55.8 Å². The van der Waals surface area contributed by atoms with Crippen LogP contribution in [0.2, 0.25) is 5.02 Å². The van der Waals surface area contributed by atoms with Gasteiger partial charge in [0.15, 0.2) is 11.5 Å². The molecule has 0 atom stereocenters. The van der Waals surface area contributed by atoms with Crippen molar-refractivity contribution in [1.82, 2.24) is 0 Å². The molecule has 0 radical (unpaired) electrons. The first kappa shape index (κ1) is 16.1. The maximum absolute atomic E-state index is 12.7. The second kappa shape index (κ2) is 6.13. The van der Waals surface area contributed by atoms with Crippen LogP contribution in [0.15, 0.2) is 41.3 Å². The van der Waals surface area contributed by atoms with Gasteiger partial charge >= 0.3 is 0 Å². The lowest BCUT2D eigenvalue weighted by Gasteiger charge is -2.12. The van der Waals surface area contributed by atoms with Crippen molar-refractivity contribution in [2.75, 3.05) is 11.7 Å². The van der Waals surface area contributed by atoms with E-state index in [0.29, 0.717) is 27.1 Å². The summed E-state index contributed by atoms with van der Waals surface area (Å²) in [5.41, 5.74) is 2.19. The summed E-state index contributed by atoms with van der Waals surface area (Å²) in [6, 6.07) is 10.3. The average Bonchev–Trinajstić information content (AvgIpc) is 3.12. The van der Waals surface area contributed by atoms with E-state index in [4.69, 9.17) is 21.1 Å². The molecule has 0 spiro atoms. The number of carbonyl (C=O) groups excluding carboxylic acids is 2. The maximum atomic E-state index is 12.7. The van der Waals surface area contributed by atoms with Crippen LogP contribution in [-0.4, -0.2) is 17.9 Å². The number of thioether (sulfide) groups is 1. The minimum atomic E-state index is -0.366. The van der Waals surface area contributed by atoms with Crippen LogP contribution in [0.1, 0.15) is 11.1 Å². The maximum Gasteiger partial charge on any atom is 0.298 e. The Morgan fingerprint density at radius 2 is 1.92 bits per heavy atom. The molecule has 1 saturated heterocycles. The van der Waals surface area contributed by atoms with Crippen LogP contribution in [0, 0.1) is 6.92 Å². The zero-order chi connectivity index (χ0) is 17.6. The highest BCUT2D eigenvalue weighted by Gasteiger charge is 2.36. The third kappa shape index (κ3) is 2.88. The largest absolute Gasteiger partial charge is 0.454 e. The number of fused-ring (bicyclic) bond motifs is 1. The summed E-state index contributed by atoms with van der Waals surface area (Å²) in [7, 11) is 0. The predicted octanol–water partition coefficient (Wildman–Crippen LogP) is 4.62. The first-order chi connectivity index (χ1) is 12.0. The quantitative estimate of drug-likeness (QED) is 0.719. The fourth-order valence-electron chi connectivity index (χ4n) is 2.66. The summed E-state index contributed by atoms with van der Waals surface area (Å²) in [5, 5.41) is 0.115. The molecule has 5 nitrogen and oxygen atoms in total. The van der Waals surface area contributed by atoms with Gasteiger partial charge in [0.1, 0.15) is 0 Å². The van der Waals surface area contributed by atoms with Crippen LogP contribution in [0.25, 0.3) is 6.08 Å². The van der Waals surface area contributed by atoms with Gasteiger partial charge in [-0.05, 0) is 66.2 Å². The zero-order valence-corrected chi connectivity index (χ0v) is 14.7. The highest BCUT2D eigenvalue weighted by Crippen LogP contribution is 2.39. The Morgan fingerprint density at radius 3 is 2.68 bits per heavy atom. The van der Waals surface area contributed by atoms with Crippen molar-refractivity contribution in [2.24, 2.45) is 0 Å². The number of benzene rings is 2. The third-order valence-corrected chi connectivity index (χ3v) is 5.01. The number of imide groups is 1. The zero-order valence-electron chi connectivity index (χ0n) is 13.1. The van der Waals surface area contributed by atoms with Gasteiger partial charge in [0, 0.05) is 5.02 Å². The van der Waals surface area contributed by atoms with Gasteiger partial charge in [-0.3, -0.25) is 9.59 Å². The average molecular weight is 374 g/mol. The summed E-state index contributed by atoms with van der Waals surface area (Å²) in [6.45, 7) is 2.10. The Hall–Kier alpha value is -2.44. The molecular weight excluding hydrogens is 362 g/mol. The number of carbonyl (C=O) groups is 2. The third-order valence-electron chi connectivity index (χ3n) is 3.91. The van der Waals surface area contributed by atoms with Gasteiger partial charge in [-0.25, -0.2) is 4.90 Å². The summed E-state index contributed by atoms with van der Waals surface area (Å²) in [4.78, 5) is 26.5. The van der Waals surface area contributed by atoms with Crippen molar-refractivity contribution in [2.45, 2.75) is 6.92 Å². The van der Waals surface area contributed by atoms with Crippen molar-refractivity contribution < 1.29 is 19.1 Å². The molecule has 1 fully saturated rings. The number of hydrogen-bond donors (Lipinski definition) is 0. The van der Waals surface area contributed by atoms with E-state index in [-0.39, 0.29) is 17.9 Å². The normalized spacial score (nSPS) is 17.7. The number of hydrogen-bond acceptors (Lipinski definition) is 5. The lowest BCUT2D eigenvalue weighted by Crippen LogP contribution is -2.27. The van der Waals surface area contributed by atoms with E-state index in [0.717, 1.165) is 27.8 Å². The number of nitrogens with zero attached hydrogens (tertiary/aromatic N) is 1. The summed E-state index contributed by atoms with van der Waals surface area (Å²) < 4.78 is 10.7. The van der Waals surface area contributed by atoms with E-state index >= 15 is 0 Å². The molecule has 0 aliphatic carbocycles. The molecule has 7 heteroatoms. The summed E-state index contributed by atoms with van der Waals surface area (Å²) in [6.07, 6.45) is 1.70. The first-order valence-electron chi connectivity index (χ1n) is 7.47. The predicted molar refractivity (Wildman–Crippen MR) is 97.2 cm³/mol. The molecule has 2 aliphatic rings. The van der Waals surface area contributed by atoms with E-state index in [1.165, 1.54) is 0 Å². The van der Waals surface area contributed by atoms with E-state index in [1.807, 2.05) is 19.1 Å². The van der Waals surface area contributed by atoms with Crippen LogP contribution < -0.4 is 14.4 Å². The van der Waals surface area contributed by atoms with Gasteiger partial charge in [-0.15, -0.1) is 0 Å². The van der Waals surface area contributed by atoms with Crippen LogP contribution in [0.3, 0.4) is 0 Å². The molecule has 2 amide bonds. The first-order valence-corrected chi connectivity index (χ1v) is 8.66. The van der Waals surface area contributed by atoms with Gasteiger partial charge in [0.05, 0.1) is 10.6 Å². The number of anilines is 1. The van der Waals surface area contributed by atoms with Gasteiger partial charge in [-0.2, -0.15) is 0 Å². The lowest BCUT2D eigenvalue weighted by atomic mass is 10.1. The van der Waals surface area contributed by atoms with Crippen LogP contribution >= 0.6 is 23.4 Å². The van der Waals surface area contributed by atoms with Gasteiger partial charge in [0.2, 0.25) is 6.79 Å². The molecule has 25 heavy (non-hydrogen) atoms. The van der Waals surface area contributed by atoms with Crippen LogP contribution in [0.5, 0.6) is 11.5 Å². The lowest BCUT2D eigenvalue weighted by molar-refractivity contribution is -0.113.